The number of aromatic hydroxyl groups is 1. The van der Waals surface area contributed by atoms with Crippen molar-refractivity contribution in [3.8, 4) is 5.75 Å². The van der Waals surface area contributed by atoms with E-state index in [1.807, 2.05) is 30.5 Å². The number of rotatable bonds is 6. The minimum absolute atomic E-state index is 0.0400. The summed E-state index contributed by atoms with van der Waals surface area (Å²) in [4.78, 5) is 7.79. The van der Waals surface area contributed by atoms with Crippen LogP contribution in [0.1, 0.15) is 52.1 Å². The van der Waals surface area contributed by atoms with Gasteiger partial charge in [-0.15, -0.1) is 11.3 Å². The van der Waals surface area contributed by atoms with E-state index in [0.717, 1.165) is 9.77 Å². The number of benzene rings is 1. The second-order valence-electron chi connectivity index (χ2n) is 8.85. The summed E-state index contributed by atoms with van der Waals surface area (Å²) in [5.74, 6) is 0.651. The first-order chi connectivity index (χ1) is 14.6. The van der Waals surface area contributed by atoms with Gasteiger partial charge in [0.15, 0.2) is 5.75 Å². The highest BCUT2D eigenvalue weighted by Crippen LogP contribution is 2.49. The predicted molar refractivity (Wildman–Crippen MR) is 134 cm³/mol. The van der Waals surface area contributed by atoms with Crippen LogP contribution < -0.4 is 16.5 Å². The third kappa shape index (κ3) is 5.56. The van der Waals surface area contributed by atoms with Crippen molar-refractivity contribution < 1.29 is 10.1 Å². The molecule has 1 aromatic carbocycles. The zero-order valence-electron chi connectivity index (χ0n) is 18.9. The molecule has 2 aromatic rings. The summed E-state index contributed by atoms with van der Waals surface area (Å²) in [6.07, 6.45) is 2.43. The third-order valence-electron chi connectivity index (χ3n) is 5.31. The van der Waals surface area contributed by atoms with Crippen molar-refractivity contribution in [2.75, 3.05) is 7.05 Å². The molecule has 1 fully saturated rings. The van der Waals surface area contributed by atoms with Gasteiger partial charge in [0, 0.05) is 16.8 Å². The fourth-order valence-corrected chi connectivity index (χ4v) is 6.84. The van der Waals surface area contributed by atoms with Crippen LogP contribution in [0, 0.1) is 5.41 Å². The van der Waals surface area contributed by atoms with Crippen molar-refractivity contribution in [2.45, 2.75) is 56.8 Å². The van der Waals surface area contributed by atoms with Crippen LogP contribution in [0.4, 0.5) is 5.69 Å². The maximum atomic E-state index is 10.8. The topological polar surface area (TPSA) is 102 Å². The average molecular weight is 461 g/mol. The Bertz CT molecular complexity index is 1000. The molecule has 31 heavy (non-hydrogen) atoms. The molecule has 8 heteroatoms. The fourth-order valence-electron chi connectivity index (χ4n) is 3.42. The van der Waals surface area contributed by atoms with Gasteiger partial charge >= 0.3 is 5.84 Å². The van der Waals surface area contributed by atoms with E-state index in [4.69, 9.17) is 11.5 Å². The van der Waals surface area contributed by atoms with Crippen molar-refractivity contribution in [2.24, 2.45) is 21.9 Å². The summed E-state index contributed by atoms with van der Waals surface area (Å²) in [6.45, 7) is 8.47. The van der Waals surface area contributed by atoms with Crippen LogP contribution in [0.5, 0.6) is 5.75 Å². The molecule has 2 atom stereocenters. The Labute approximate surface area is 191 Å². The number of aliphatic imine (C=N–C) groups is 1. The van der Waals surface area contributed by atoms with E-state index in [0.29, 0.717) is 17.6 Å². The highest BCUT2D eigenvalue weighted by Gasteiger charge is 2.31. The highest BCUT2D eigenvalue weighted by atomic mass is 32.2. The zero-order valence-corrected chi connectivity index (χ0v) is 20.6. The van der Waals surface area contributed by atoms with E-state index < -0.39 is 0 Å². The second kappa shape index (κ2) is 9.54. The lowest BCUT2D eigenvalue weighted by atomic mass is 9.83. The third-order valence-corrected chi connectivity index (χ3v) is 8.80. The van der Waals surface area contributed by atoms with Crippen LogP contribution in [0.2, 0.25) is 0 Å². The van der Waals surface area contributed by atoms with Gasteiger partial charge in [-0.2, -0.15) is 0 Å². The molecule has 0 aliphatic heterocycles. The first-order valence-electron chi connectivity index (χ1n) is 10.5. The van der Waals surface area contributed by atoms with E-state index in [-0.39, 0.29) is 33.7 Å². The molecule has 0 spiro atoms. The van der Waals surface area contributed by atoms with Gasteiger partial charge in [-0.3, -0.25) is 15.0 Å². The molecule has 0 saturated heterocycles. The standard InChI is InChI=1S/C23H33N5OS2/c1-6-31(28(5)16-12-13-16)22-18(29)17(14-30-22)26-20(24)21(25)27-19(23(2,3)4)15-10-8-7-9-11-15/h6-11,14,16,19,29H,12-13H2,1-5H3,(H2,24,26)(H2,25,27)/p+1/t19-,31?/m0/s1. The fraction of sp³-hybridized carbons (Fsp3) is 0.435. The van der Waals surface area contributed by atoms with Crippen LogP contribution >= 0.6 is 22.0 Å². The molecule has 1 saturated carbocycles. The summed E-state index contributed by atoms with van der Waals surface area (Å²) in [7, 11) is 1.86. The molecule has 1 heterocycles. The van der Waals surface area contributed by atoms with Crippen molar-refractivity contribution >= 4 is 44.7 Å². The van der Waals surface area contributed by atoms with Gasteiger partial charge in [-0.1, -0.05) is 61.8 Å². The second-order valence-corrected chi connectivity index (χ2v) is 12.1. The van der Waals surface area contributed by atoms with Gasteiger partial charge < -0.3 is 10.8 Å². The summed E-state index contributed by atoms with van der Waals surface area (Å²) in [6, 6.07) is 10.7. The summed E-state index contributed by atoms with van der Waals surface area (Å²) in [5, 5.41) is 14.8. The zero-order chi connectivity index (χ0) is 22.8. The number of hydrogen-bond acceptors (Lipinski definition) is 4. The molecule has 168 valence electrons. The molecule has 1 aliphatic carbocycles. The quantitative estimate of drug-likeness (QED) is 0.302. The Kier molecular flexibility index (Phi) is 7.24. The van der Waals surface area contributed by atoms with E-state index in [9.17, 15) is 5.11 Å². The van der Waals surface area contributed by atoms with Crippen LogP contribution in [-0.4, -0.2) is 39.5 Å². The number of hydrogen-bond donors (Lipinski definition) is 4. The van der Waals surface area contributed by atoms with Gasteiger partial charge in [-0.25, -0.2) is 4.99 Å². The first-order valence-corrected chi connectivity index (χ1v) is 12.6. The molecule has 0 amide bonds. The molecule has 1 aliphatic rings. The maximum Gasteiger partial charge on any atom is 0.309 e. The number of nitrogens with zero attached hydrogens (tertiary/aromatic N) is 2. The van der Waals surface area contributed by atoms with E-state index >= 15 is 0 Å². The number of thiophene rings is 1. The van der Waals surface area contributed by atoms with Crippen LogP contribution in [-0.2, 0) is 0 Å². The molecular formula is C23H34N5OS2+. The maximum absolute atomic E-state index is 10.8. The van der Waals surface area contributed by atoms with Crippen LogP contribution in [0.3, 0.4) is 0 Å². The first kappa shape index (κ1) is 23.5. The Balaban J connectivity index is 1.89. The molecule has 6 N–H and O–H groups in total. The van der Waals surface area contributed by atoms with Crippen molar-refractivity contribution in [3.63, 3.8) is 0 Å². The summed E-state index contributed by atoms with van der Waals surface area (Å²) in [5.41, 5.74) is 14.0. The lowest BCUT2D eigenvalue weighted by molar-refractivity contribution is -0.529. The van der Waals surface area contributed by atoms with Crippen molar-refractivity contribution in [3.05, 3.63) is 41.3 Å². The van der Waals surface area contributed by atoms with Gasteiger partial charge in [0.05, 0.1) is 0 Å². The van der Waals surface area contributed by atoms with Gasteiger partial charge in [0.25, 0.3) is 0 Å². The lowest BCUT2D eigenvalue weighted by Crippen LogP contribution is -2.81. The molecule has 1 aromatic heterocycles. The number of nitrogens with two attached hydrogens (primary N) is 2. The van der Waals surface area contributed by atoms with Gasteiger partial charge in [0.1, 0.15) is 15.9 Å². The normalized spacial score (nSPS) is 17.9. The van der Waals surface area contributed by atoms with Gasteiger partial charge in [-0.05, 0) is 37.7 Å². The number of amidine groups is 2. The Hall–Kier alpha value is -2.16. The number of nitrogens with one attached hydrogen (secondary N) is 1. The molecule has 0 radical (unpaired) electrons. The van der Waals surface area contributed by atoms with Crippen LogP contribution in [0.25, 0.3) is 0 Å². The largest absolute Gasteiger partial charge is 0.504 e. The van der Waals surface area contributed by atoms with Crippen molar-refractivity contribution in [1.29, 1.82) is 0 Å². The SMILES string of the molecule is C/C=S(\c1scc(N=C(N)C(N)=[NH+][C@@H](c2ccccc2)C(C)(C)C)c1O)N(C)C1CC1. The monoisotopic (exact) mass is 460 g/mol. The summed E-state index contributed by atoms with van der Waals surface area (Å²) < 4.78 is 3.24. The van der Waals surface area contributed by atoms with Gasteiger partial charge in [0.2, 0.25) is 5.84 Å². The van der Waals surface area contributed by atoms with E-state index in [2.05, 4.69) is 59.6 Å². The molecular weight excluding hydrogens is 426 g/mol. The average Bonchev–Trinajstić information content (AvgIpc) is 3.52. The Morgan fingerprint density at radius 3 is 2.48 bits per heavy atom. The molecule has 0 bridgehead atoms. The Morgan fingerprint density at radius 1 is 1.29 bits per heavy atom. The minimum atomic E-state index is -0.256. The van der Waals surface area contributed by atoms with Crippen LogP contribution in [0.15, 0.2) is 44.9 Å². The Morgan fingerprint density at radius 2 is 1.94 bits per heavy atom. The molecule has 6 nitrogen and oxygen atoms in total. The molecule has 1 unspecified atom stereocenters. The van der Waals surface area contributed by atoms with E-state index in [1.165, 1.54) is 24.2 Å². The lowest BCUT2D eigenvalue weighted by Gasteiger charge is -2.26. The molecule has 3 rings (SSSR count). The highest BCUT2D eigenvalue weighted by molar-refractivity contribution is 8.14. The summed E-state index contributed by atoms with van der Waals surface area (Å²) >= 11 is 1.51. The smallest absolute Gasteiger partial charge is 0.309 e. The van der Waals surface area contributed by atoms with E-state index in [1.54, 1.807) is 0 Å². The van der Waals surface area contributed by atoms with Crippen molar-refractivity contribution in [1.82, 2.24) is 4.31 Å². The minimum Gasteiger partial charge on any atom is -0.504 e. The predicted octanol–water partition coefficient (Wildman–Crippen LogP) is 3.13.